The highest BCUT2D eigenvalue weighted by Crippen LogP contribution is 2.12. The second-order valence-electron chi connectivity index (χ2n) is 2.92. The van der Waals surface area contributed by atoms with Crippen molar-refractivity contribution in [1.29, 1.82) is 0 Å². The van der Waals surface area contributed by atoms with Crippen LogP contribution >= 0.6 is 0 Å². The molecule has 66 valence electrons. The summed E-state index contributed by atoms with van der Waals surface area (Å²) >= 11 is 0. The number of hydrogen-bond acceptors (Lipinski definition) is 1. The summed E-state index contributed by atoms with van der Waals surface area (Å²) in [5.41, 5.74) is 0. The molecule has 0 aliphatic carbocycles. The van der Waals surface area contributed by atoms with E-state index in [2.05, 4.69) is 20.4 Å². The van der Waals surface area contributed by atoms with Crippen molar-refractivity contribution in [1.82, 2.24) is 0 Å². The molecule has 0 aliphatic rings. The molecule has 0 radical (unpaired) electrons. The van der Waals surface area contributed by atoms with Gasteiger partial charge in [0.15, 0.2) is 0 Å². The van der Waals surface area contributed by atoms with Crippen molar-refractivity contribution >= 4 is 0 Å². The van der Waals surface area contributed by atoms with Gasteiger partial charge in [-0.2, -0.15) is 0 Å². The first-order chi connectivity index (χ1) is 5.35. The molecule has 0 heterocycles. The second-order valence-corrected chi connectivity index (χ2v) is 2.92. The predicted octanol–water partition coefficient (Wildman–Crippen LogP) is 3.36. The average molecular weight is 156 g/mol. The highest BCUT2D eigenvalue weighted by atomic mass is 16.5. The molecule has 0 aromatic heterocycles. The lowest BCUT2D eigenvalue weighted by molar-refractivity contribution is 0.184. The van der Waals surface area contributed by atoms with Crippen molar-refractivity contribution in [3.63, 3.8) is 0 Å². The van der Waals surface area contributed by atoms with Crippen molar-refractivity contribution < 1.29 is 4.74 Å². The zero-order valence-corrected chi connectivity index (χ0v) is 7.81. The van der Waals surface area contributed by atoms with Gasteiger partial charge in [-0.1, -0.05) is 39.7 Å². The molecule has 0 saturated carbocycles. The summed E-state index contributed by atoms with van der Waals surface area (Å²) in [5.74, 6) is 0.730. The summed E-state index contributed by atoms with van der Waals surface area (Å²) < 4.78 is 5.15. The predicted molar refractivity (Wildman–Crippen MR) is 49.5 cm³/mol. The lowest BCUT2D eigenvalue weighted by atomic mass is 10.0. The molecule has 0 spiro atoms. The number of rotatable bonds is 7. The zero-order chi connectivity index (χ0) is 8.53. The van der Waals surface area contributed by atoms with Crippen molar-refractivity contribution in [2.24, 2.45) is 5.92 Å². The summed E-state index contributed by atoms with van der Waals surface area (Å²) in [4.78, 5) is 0. The first kappa shape index (κ1) is 10.5. The quantitative estimate of drug-likeness (QED) is 0.513. The van der Waals surface area contributed by atoms with E-state index in [1.165, 1.54) is 31.9 Å². The Bertz CT molecular complexity index is 88.9. The molecular weight excluding hydrogens is 136 g/mol. The van der Waals surface area contributed by atoms with Gasteiger partial charge in [0.25, 0.3) is 0 Å². The fraction of sp³-hybridized carbons (Fsp3) is 0.800. The molecule has 0 saturated heterocycles. The van der Waals surface area contributed by atoms with Crippen LogP contribution in [0.1, 0.15) is 39.5 Å². The van der Waals surface area contributed by atoms with E-state index < -0.39 is 0 Å². The van der Waals surface area contributed by atoms with E-state index in [4.69, 9.17) is 4.74 Å². The Morgan fingerprint density at radius 2 is 2.18 bits per heavy atom. The largest absolute Gasteiger partial charge is 0.502 e. The molecule has 0 unspecified atom stereocenters. The van der Waals surface area contributed by atoms with Crippen LogP contribution in [0.3, 0.4) is 0 Å². The van der Waals surface area contributed by atoms with Crippen LogP contribution in [0.15, 0.2) is 12.8 Å². The molecule has 0 fully saturated rings. The Morgan fingerprint density at radius 3 is 2.64 bits per heavy atom. The van der Waals surface area contributed by atoms with Gasteiger partial charge in [-0.3, -0.25) is 0 Å². The maximum Gasteiger partial charge on any atom is 0.0901 e. The molecule has 1 heteroatoms. The van der Waals surface area contributed by atoms with E-state index in [9.17, 15) is 0 Å². The van der Waals surface area contributed by atoms with E-state index in [0.717, 1.165) is 12.5 Å². The standard InChI is InChI=1S/C10H20O/c1-4-7-8-10(5-2)9-11-6-3/h6,10H,3-5,7-9H2,1-2H3/t10-/m1/s1. The van der Waals surface area contributed by atoms with E-state index in [0.29, 0.717) is 0 Å². The van der Waals surface area contributed by atoms with Gasteiger partial charge in [-0.15, -0.1) is 0 Å². The Morgan fingerprint density at radius 1 is 1.45 bits per heavy atom. The van der Waals surface area contributed by atoms with Crippen molar-refractivity contribution in [2.75, 3.05) is 6.61 Å². The molecule has 0 bridgehead atoms. The molecule has 0 rings (SSSR count). The molecule has 0 N–H and O–H groups in total. The fourth-order valence-electron chi connectivity index (χ4n) is 1.10. The van der Waals surface area contributed by atoms with Gasteiger partial charge in [0.1, 0.15) is 0 Å². The Hall–Kier alpha value is -0.460. The van der Waals surface area contributed by atoms with Crippen LogP contribution in [0.25, 0.3) is 0 Å². The smallest absolute Gasteiger partial charge is 0.0901 e. The van der Waals surface area contributed by atoms with Crippen molar-refractivity contribution in [3.8, 4) is 0 Å². The minimum atomic E-state index is 0.730. The minimum Gasteiger partial charge on any atom is -0.502 e. The Balaban J connectivity index is 3.32. The van der Waals surface area contributed by atoms with Crippen molar-refractivity contribution in [2.45, 2.75) is 39.5 Å². The highest BCUT2D eigenvalue weighted by molar-refractivity contribution is 4.58. The number of unbranched alkanes of at least 4 members (excludes halogenated alkanes) is 1. The van der Waals surface area contributed by atoms with Gasteiger partial charge in [0, 0.05) is 0 Å². The number of hydrogen-bond donors (Lipinski definition) is 0. The third kappa shape index (κ3) is 5.96. The monoisotopic (exact) mass is 156 g/mol. The summed E-state index contributed by atoms with van der Waals surface area (Å²) in [6.45, 7) is 8.81. The first-order valence-electron chi connectivity index (χ1n) is 4.57. The van der Waals surface area contributed by atoms with Gasteiger partial charge >= 0.3 is 0 Å². The molecule has 0 aromatic carbocycles. The zero-order valence-electron chi connectivity index (χ0n) is 7.81. The normalized spacial score (nSPS) is 12.5. The lowest BCUT2D eigenvalue weighted by Crippen LogP contribution is -2.05. The Labute approximate surface area is 70.4 Å². The maximum atomic E-state index is 5.15. The van der Waals surface area contributed by atoms with Crippen LogP contribution < -0.4 is 0 Å². The molecular formula is C10H20O. The van der Waals surface area contributed by atoms with E-state index in [1.807, 2.05) is 0 Å². The van der Waals surface area contributed by atoms with Crippen LogP contribution in [-0.2, 0) is 4.74 Å². The topological polar surface area (TPSA) is 9.23 Å². The van der Waals surface area contributed by atoms with Crippen LogP contribution in [0.2, 0.25) is 0 Å². The van der Waals surface area contributed by atoms with Crippen LogP contribution in [0.5, 0.6) is 0 Å². The minimum absolute atomic E-state index is 0.730. The number of ether oxygens (including phenoxy) is 1. The molecule has 1 nitrogen and oxygen atoms in total. The van der Waals surface area contributed by atoms with Gasteiger partial charge in [-0.25, -0.2) is 0 Å². The van der Waals surface area contributed by atoms with Crippen LogP contribution in [0.4, 0.5) is 0 Å². The van der Waals surface area contributed by atoms with Gasteiger partial charge in [0.05, 0.1) is 12.9 Å². The maximum absolute atomic E-state index is 5.15. The van der Waals surface area contributed by atoms with Gasteiger partial charge in [0.2, 0.25) is 0 Å². The van der Waals surface area contributed by atoms with E-state index in [-0.39, 0.29) is 0 Å². The summed E-state index contributed by atoms with van der Waals surface area (Å²) in [5, 5.41) is 0. The second kappa shape index (κ2) is 7.64. The lowest BCUT2D eigenvalue weighted by Gasteiger charge is -2.12. The summed E-state index contributed by atoms with van der Waals surface area (Å²) in [6.07, 6.45) is 6.65. The van der Waals surface area contributed by atoms with Gasteiger partial charge in [-0.05, 0) is 12.3 Å². The third-order valence-electron chi connectivity index (χ3n) is 1.99. The van der Waals surface area contributed by atoms with Crippen molar-refractivity contribution in [3.05, 3.63) is 12.8 Å². The van der Waals surface area contributed by atoms with E-state index >= 15 is 0 Å². The fourth-order valence-corrected chi connectivity index (χ4v) is 1.10. The molecule has 11 heavy (non-hydrogen) atoms. The molecule has 0 aliphatic heterocycles. The average Bonchev–Trinajstić information content (AvgIpc) is 2.05. The summed E-state index contributed by atoms with van der Waals surface area (Å²) in [6, 6.07) is 0. The van der Waals surface area contributed by atoms with Gasteiger partial charge < -0.3 is 4.74 Å². The third-order valence-corrected chi connectivity index (χ3v) is 1.99. The molecule has 1 atom stereocenters. The molecule has 0 aromatic rings. The SMILES string of the molecule is C=COC[C@H](CC)CCCC. The Kier molecular flexibility index (Phi) is 7.33. The van der Waals surface area contributed by atoms with Crippen LogP contribution in [0, 0.1) is 5.92 Å². The highest BCUT2D eigenvalue weighted by Gasteiger charge is 2.04. The summed E-state index contributed by atoms with van der Waals surface area (Å²) in [7, 11) is 0. The van der Waals surface area contributed by atoms with E-state index in [1.54, 1.807) is 0 Å². The van der Waals surface area contributed by atoms with Crippen LogP contribution in [-0.4, -0.2) is 6.61 Å². The molecule has 0 amide bonds. The first-order valence-corrected chi connectivity index (χ1v) is 4.57.